The summed E-state index contributed by atoms with van der Waals surface area (Å²) in [5.41, 5.74) is 7.52. The van der Waals surface area contributed by atoms with Crippen LogP contribution < -0.4 is 11.2 Å². The average Bonchev–Trinajstić information content (AvgIpc) is 2.23. The van der Waals surface area contributed by atoms with Crippen molar-refractivity contribution < 1.29 is 39.0 Å². The van der Waals surface area contributed by atoms with Crippen LogP contribution in [0.15, 0.2) is 0 Å². The van der Waals surface area contributed by atoms with E-state index in [1.54, 1.807) is 0 Å². The van der Waals surface area contributed by atoms with Crippen LogP contribution in [-0.2, 0) is 28.8 Å². The largest absolute Gasteiger partial charge is 0.481 e. The Kier molecular flexibility index (Phi) is 18.0. The Bertz CT molecular complexity index is 312. The second kappa shape index (κ2) is 15.9. The lowest BCUT2D eigenvalue weighted by atomic mass is 10.4. The Morgan fingerprint density at radius 3 is 1.62 bits per heavy atom. The number of aliphatic carboxylic acids is 2. The molecular formula is C11H22N2O8. The van der Waals surface area contributed by atoms with E-state index in [0.29, 0.717) is 13.0 Å². The van der Waals surface area contributed by atoms with Gasteiger partial charge in [-0.25, -0.2) is 0 Å². The number of nitrogens with one attached hydrogen (secondary N) is 1. The van der Waals surface area contributed by atoms with E-state index in [1.807, 2.05) is 0 Å². The number of carboxylic acids is 2. The fourth-order valence-electron chi connectivity index (χ4n) is 0.642. The van der Waals surface area contributed by atoms with Crippen LogP contribution in [0.25, 0.3) is 0 Å². The molecule has 0 rings (SSSR count). The molecule has 1 atom stereocenters. The molecule has 0 fully saturated rings. The fourth-order valence-corrected chi connectivity index (χ4v) is 0.642. The van der Waals surface area contributed by atoms with Gasteiger partial charge in [-0.05, 0) is 6.54 Å². The summed E-state index contributed by atoms with van der Waals surface area (Å²) in [6, 6.07) is 0. The quantitative estimate of drug-likeness (QED) is 0.294. The molecule has 0 aliphatic rings. The summed E-state index contributed by atoms with van der Waals surface area (Å²) in [5, 5.41) is 14.8. The smallest absolute Gasteiger partial charge is 0.321 e. The monoisotopic (exact) mass is 310 g/mol. The van der Waals surface area contributed by atoms with Crippen LogP contribution in [0.2, 0.25) is 0 Å². The zero-order chi connectivity index (χ0) is 17.4. The highest BCUT2D eigenvalue weighted by atomic mass is 16.7. The zero-order valence-electron chi connectivity index (χ0n) is 12.4. The van der Waals surface area contributed by atoms with Crippen molar-refractivity contribution >= 4 is 23.9 Å². The van der Waals surface area contributed by atoms with Crippen LogP contribution in [0.4, 0.5) is 0 Å². The molecule has 1 unspecified atom stereocenters. The Morgan fingerprint density at radius 2 is 1.38 bits per heavy atom. The zero-order valence-corrected chi connectivity index (χ0v) is 12.4. The third-order valence-electron chi connectivity index (χ3n) is 1.07. The van der Waals surface area contributed by atoms with Gasteiger partial charge >= 0.3 is 11.9 Å². The summed E-state index contributed by atoms with van der Waals surface area (Å²) < 4.78 is 4.73. The molecule has 0 aromatic heterocycles. The lowest BCUT2D eigenvalue weighted by molar-refractivity contribution is -0.170. The molecule has 0 aromatic carbocycles. The molecule has 10 nitrogen and oxygen atoms in total. The maximum atomic E-state index is 10.5. The van der Waals surface area contributed by atoms with Crippen LogP contribution >= 0.6 is 0 Å². The summed E-state index contributed by atoms with van der Waals surface area (Å²) in [6.07, 6.45) is -0.293. The van der Waals surface area contributed by atoms with Crippen molar-refractivity contribution in [1.82, 2.24) is 5.48 Å². The SMILES string of the molecule is CC(=O)O.CC(=O)O.CC(=O)ONC(CCN)OC(C)=O. The minimum atomic E-state index is -0.833. The fraction of sp³-hybridized carbons (Fsp3) is 0.636. The molecule has 0 aliphatic carbocycles. The molecule has 0 saturated carbocycles. The molecule has 0 heterocycles. The molecule has 124 valence electrons. The maximum absolute atomic E-state index is 10.5. The highest BCUT2D eigenvalue weighted by molar-refractivity contribution is 5.66. The van der Waals surface area contributed by atoms with Gasteiger partial charge < -0.3 is 25.5 Å². The first-order chi connectivity index (χ1) is 9.52. The number of nitrogens with two attached hydrogens (primary N) is 1. The van der Waals surface area contributed by atoms with Crippen molar-refractivity contribution in [2.45, 2.75) is 40.3 Å². The molecule has 0 saturated heterocycles. The Balaban J connectivity index is -0.000000334. The third-order valence-corrected chi connectivity index (χ3v) is 1.07. The van der Waals surface area contributed by atoms with E-state index in [4.69, 9.17) is 30.3 Å². The number of carboxylic acid groups (broad SMARTS) is 2. The van der Waals surface area contributed by atoms with Crippen molar-refractivity contribution in [1.29, 1.82) is 0 Å². The normalized spacial score (nSPS) is 9.76. The minimum absolute atomic E-state index is 0.326. The molecule has 0 spiro atoms. The average molecular weight is 310 g/mol. The van der Waals surface area contributed by atoms with Gasteiger partial charge in [-0.15, -0.1) is 5.48 Å². The van der Waals surface area contributed by atoms with E-state index in [9.17, 15) is 9.59 Å². The van der Waals surface area contributed by atoms with Crippen LogP contribution in [0.5, 0.6) is 0 Å². The highest BCUT2D eigenvalue weighted by Crippen LogP contribution is 1.93. The van der Waals surface area contributed by atoms with Gasteiger partial charge in [0, 0.05) is 34.1 Å². The number of rotatable bonds is 5. The number of carbonyl (C=O) groups excluding carboxylic acids is 2. The second-order valence-electron chi connectivity index (χ2n) is 3.42. The first-order valence-corrected chi connectivity index (χ1v) is 5.72. The predicted molar refractivity (Wildman–Crippen MR) is 70.7 cm³/mol. The van der Waals surface area contributed by atoms with Gasteiger partial charge in [-0.1, -0.05) is 0 Å². The molecular weight excluding hydrogens is 288 g/mol. The summed E-state index contributed by atoms with van der Waals surface area (Å²) in [6.45, 7) is 4.99. The van der Waals surface area contributed by atoms with E-state index >= 15 is 0 Å². The molecule has 0 aliphatic heterocycles. The summed E-state index contributed by atoms with van der Waals surface area (Å²) >= 11 is 0. The third kappa shape index (κ3) is 46.3. The Morgan fingerprint density at radius 1 is 1.00 bits per heavy atom. The van der Waals surface area contributed by atoms with Crippen molar-refractivity contribution in [3.05, 3.63) is 0 Å². The minimum Gasteiger partial charge on any atom is -0.481 e. The van der Waals surface area contributed by atoms with Crippen molar-refractivity contribution in [2.24, 2.45) is 5.73 Å². The van der Waals surface area contributed by atoms with E-state index in [2.05, 4.69) is 10.3 Å². The number of hydroxylamine groups is 1. The van der Waals surface area contributed by atoms with Gasteiger partial charge in [0.1, 0.15) is 0 Å². The van der Waals surface area contributed by atoms with Crippen LogP contribution in [0, 0.1) is 0 Å². The molecule has 21 heavy (non-hydrogen) atoms. The second-order valence-corrected chi connectivity index (χ2v) is 3.42. The van der Waals surface area contributed by atoms with Crippen LogP contribution in [0.1, 0.15) is 34.1 Å². The summed E-state index contributed by atoms with van der Waals surface area (Å²) in [5.74, 6) is -2.63. The standard InChI is InChI=1S/C7H14N2O4.2C2H4O2/c1-5(10)12-7(3-4-8)9-13-6(2)11;2*1-2(3)4/h7,9H,3-4,8H2,1-2H3;2*1H3,(H,3,4). The van der Waals surface area contributed by atoms with Gasteiger partial charge in [0.05, 0.1) is 0 Å². The number of hydrogen-bond acceptors (Lipinski definition) is 8. The topological polar surface area (TPSA) is 165 Å². The summed E-state index contributed by atoms with van der Waals surface area (Å²) in [7, 11) is 0. The molecule has 5 N–H and O–H groups in total. The molecule has 10 heteroatoms. The van der Waals surface area contributed by atoms with E-state index in [0.717, 1.165) is 13.8 Å². The number of esters is 1. The van der Waals surface area contributed by atoms with Crippen LogP contribution in [-0.4, -0.2) is 46.9 Å². The maximum Gasteiger partial charge on any atom is 0.321 e. The van der Waals surface area contributed by atoms with Crippen molar-refractivity contribution in [3.63, 3.8) is 0 Å². The van der Waals surface area contributed by atoms with Crippen molar-refractivity contribution in [3.8, 4) is 0 Å². The van der Waals surface area contributed by atoms with Gasteiger partial charge in [-0.3, -0.25) is 19.2 Å². The van der Waals surface area contributed by atoms with Gasteiger partial charge in [0.15, 0.2) is 6.23 Å². The van der Waals surface area contributed by atoms with E-state index in [-0.39, 0.29) is 0 Å². The highest BCUT2D eigenvalue weighted by Gasteiger charge is 2.11. The number of hydrogen-bond donors (Lipinski definition) is 4. The molecule has 0 aromatic rings. The van der Waals surface area contributed by atoms with Gasteiger partial charge in [0.25, 0.3) is 11.9 Å². The Hall–Kier alpha value is -2.20. The molecule has 0 radical (unpaired) electrons. The summed E-state index contributed by atoms with van der Waals surface area (Å²) in [4.78, 5) is 43.3. The molecule has 0 amide bonds. The first-order valence-electron chi connectivity index (χ1n) is 5.72. The van der Waals surface area contributed by atoms with Crippen molar-refractivity contribution in [2.75, 3.05) is 6.54 Å². The Labute approximate surface area is 122 Å². The van der Waals surface area contributed by atoms with Crippen LogP contribution in [0.3, 0.4) is 0 Å². The predicted octanol–water partition coefficient (Wildman–Crippen LogP) is -0.526. The number of ether oxygens (including phenoxy) is 1. The molecule has 0 bridgehead atoms. The lowest BCUT2D eigenvalue weighted by Crippen LogP contribution is -2.36. The van der Waals surface area contributed by atoms with Gasteiger partial charge in [0.2, 0.25) is 0 Å². The lowest BCUT2D eigenvalue weighted by Gasteiger charge is -2.16. The van der Waals surface area contributed by atoms with E-state index < -0.39 is 30.1 Å². The van der Waals surface area contributed by atoms with E-state index in [1.165, 1.54) is 13.8 Å². The van der Waals surface area contributed by atoms with Gasteiger partial charge in [-0.2, -0.15) is 0 Å². The first kappa shape index (κ1) is 23.9. The number of carbonyl (C=O) groups is 4.